The number of furan rings is 1. The molecule has 6 nitrogen and oxygen atoms in total. The minimum Gasteiger partial charge on any atom is -0.493 e. The van der Waals surface area contributed by atoms with Crippen LogP contribution in [0.4, 0.5) is 0 Å². The van der Waals surface area contributed by atoms with Crippen LogP contribution in [-0.2, 0) is 11.3 Å². The molecule has 2 aromatic rings. The molecule has 26 heavy (non-hydrogen) atoms. The quantitative estimate of drug-likeness (QED) is 0.549. The van der Waals surface area contributed by atoms with Gasteiger partial charge in [0.1, 0.15) is 10.1 Å². The van der Waals surface area contributed by atoms with E-state index in [0.717, 1.165) is 0 Å². The Balaban J connectivity index is 1.93. The Kier molecular flexibility index (Phi) is 5.53. The summed E-state index contributed by atoms with van der Waals surface area (Å²) in [6.07, 6.45) is 3.31. The van der Waals surface area contributed by atoms with E-state index in [2.05, 4.69) is 0 Å². The number of thioether (sulfide) groups is 1. The predicted octanol–water partition coefficient (Wildman–Crippen LogP) is 3.71. The van der Waals surface area contributed by atoms with Gasteiger partial charge in [-0.2, -0.15) is 0 Å². The van der Waals surface area contributed by atoms with Gasteiger partial charge >= 0.3 is 0 Å². The fourth-order valence-corrected chi connectivity index (χ4v) is 3.82. The van der Waals surface area contributed by atoms with E-state index < -0.39 is 0 Å². The minimum atomic E-state index is -0.173. The monoisotopic (exact) mass is 391 g/mol. The van der Waals surface area contributed by atoms with Gasteiger partial charge < -0.3 is 18.6 Å². The maximum absolute atomic E-state index is 12.7. The zero-order valence-corrected chi connectivity index (χ0v) is 16.1. The second-order valence-electron chi connectivity index (χ2n) is 5.27. The fourth-order valence-electron chi connectivity index (χ4n) is 2.57. The Hall–Kier alpha value is -2.45. The van der Waals surface area contributed by atoms with Crippen molar-refractivity contribution in [2.24, 2.45) is 0 Å². The molecule has 8 heteroatoms. The number of rotatable bonds is 6. The molecule has 0 radical (unpaired) electrons. The van der Waals surface area contributed by atoms with Crippen LogP contribution >= 0.6 is 24.0 Å². The van der Waals surface area contributed by atoms with Gasteiger partial charge in [0.2, 0.25) is 5.75 Å². The van der Waals surface area contributed by atoms with E-state index in [0.29, 0.717) is 44.3 Å². The number of thiocarbonyl (C=S) groups is 1. The van der Waals surface area contributed by atoms with E-state index in [1.54, 1.807) is 43.7 Å². The normalized spacial score (nSPS) is 15.7. The highest BCUT2D eigenvalue weighted by molar-refractivity contribution is 8.26. The van der Waals surface area contributed by atoms with Crippen LogP contribution in [0.15, 0.2) is 39.9 Å². The van der Waals surface area contributed by atoms with Gasteiger partial charge in [-0.1, -0.05) is 24.0 Å². The third-order valence-corrected chi connectivity index (χ3v) is 5.17. The SMILES string of the molecule is COc1ccc(/C=C2\SC(=S)N(Cc3ccco3)C2=O)c(OC)c1OC. The molecule has 0 unspecified atom stereocenters. The molecule has 1 aliphatic rings. The van der Waals surface area contributed by atoms with Gasteiger partial charge in [-0.25, -0.2) is 0 Å². The fraction of sp³-hybridized carbons (Fsp3) is 0.222. The molecule has 1 amide bonds. The average Bonchev–Trinajstić information content (AvgIpc) is 3.25. The summed E-state index contributed by atoms with van der Waals surface area (Å²) in [5.41, 5.74) is 0.698. The van der Waals surface area contributed by atoms with Crippen LogP contribution < -0.4 is 14.2 Å². The third-order valence-electron chi connectivity index (χ3n) is 3.79. The molecule has 1 saturated heterocycles. The second-order valence-corrected chi connectivity index (χ2v) is 6.95. The molecular formula is C18H17NO5S2. The first-order chi connectivity index (χ1) is 12.6. The lowest BCUT2D eigenvalue weighted by Crippen LogP contribution is -2.27. The van der Waals surface area contributed by atoms with Crippen molar-refractivity contribution >= 4 is 40.3 Å². The lowest BCUT2D eigenvalue weighted by molar-refractivity contribution is -0.122. The van der Waals surface area contributed by atoms with E-state index in [-0.39, 0.29) is 5.91 Å². The lowest BCUT2D eigenvalue weighted by atomic mass is 10.1. The van der Waals surface area contributed by atoms with Crippen LogP contribution in [0.1, 0.15) is 11.3 Å². The first-order valence-corrected chi connectivity index (χ1v) is 8.88. The van der Waals surface area contributed by atoms with Crippen molar-refractivity contribution in [3.05, 3.63) is 46.8 Å². The number of hydrogen-bond acceptors (Lipinski definition) is 7. The third kappa shape index (κ3) is 3.42. The molecule has 0 bridgehead atoms. The highest BCUT2D eigenvalue weighted by Gasteiger charge is 2.33. The summed E-state index contributed by atoms with van der Waals surface area (Å²) in [6.45, 7) is 0.304. The van der Waals surface area contributed by atoms with Crippen molar-refractivity contribution in [2.75, 3.05) is 21.3 Å². The molecule has 136 valence electrons. The van der Waals surface area contributed by atoms with Crippen LogP contribution in [0.2, 0.25) is 0 Å². The largest absolute Gasteiger partial charge is 0.493 e. The van der Waals surface area contributed by atoms with Crippen molar-refractivity contribution in [1.29, 1.82) is 0 Å². The topological polar surface area (TPSA) is 61.1 Å². The summed E-state index contributed by atoms with van der Waals surface area (Å²) < 4.78 is 21.9. The van der Waals surface area contributed by atoms with Crippen molar-refractivity contribution in [2.45, 2.75) is 6.54 Å². The molecule has 1 aliphatic heterocycles. The summed E-state index contributed by atoms with van der Waals surface area (Å²) in [7, 11) is 4.63. The molecule has 1 fully saturated rings. The summed E-state index contributed by atoms with van der Waals surface area (Å²) in [5.74, 6) is 2.00. The average molecular weight is 391 g/mol. The summed E-state index contributed by atoms with van der Waals surface area (Å²) in [4.78, 5) is 14.8. The highest BCUT2D eigenvalue weighted by Crippen LogP contribution is 2.42. The number of ether oxygens (including phenoxy) is 3. The van der Waals surface area contributed by atoms with Crippen LogP contribution in [-0.4, -0.2) is 36.5 Å². The predicted molar refractivity (Wildman–Crippen MR) is 104 cm³/mol. The number of methoxy groups -OCH3 is 3. The molecule has 3 rings (SSSR count). The van der Waals surface area contributed by atoms with Crippen LogP contribution in [0.25, 0.3) is 6.08 Å². The van der Waals surface area contributed by atoms with Crippen LogP contribution in [0.5, 0.6) is 17.2 Å². The van der Waals surface area contributed by atoms with Gasteiger partial charge in [-0.15, -0.1) is 0 Å². The van der Waals surface area contributed by atoms with Gasteiger partial charge in [0.15, 0.2) is 11.5 Å². The Labute approximate surface area is 160 Å². The second kappa shape index (κ2) is 7.84. The maximum atomic E-state index is 12.7. The smallest absolute Gasteiger partial charge is 0.266 e. The van der Waals surface area contributed by atoms with Crippen molar-refractivity contribution in [1.82, 2.24) is 4.90 Å². The first kappa shape index (κ1) is 18.3. The van der Waals surface area contributed by atoms with E-state index >= 15 is 0 Å². The first-order valence-electron chi connectivity index (χ1n) is 7.65. The number of benzene rings is 1. The zero-order valence-electron chi connectivity index (χ0n) is 14.5. The number of carbonyl (C=O) groups is 1. The zero-order chi connectivity index (χ0) is 18.7. The molecule has 1 aromatic carbocycles. The van der Waals surface area contributed by atoms with E-state index in [9.17, 15) is 4.79 Å². The number of carbonyl (C=O) groups excluding carboxylic acids is 1. The summed E-state index contributed by atoms with van der Waals surface area (Å²) in [6, 6.07) is 7.15. The number of nitrogens with zero attached hydrogens (tertiary/aromatic N) is 1. The molecule has 0 atom stereocenters. The van der Waals surface area contributed by atoms with E-state index in [4.69, 9.17) is 30.8 Å². The molecule has 0 saturated carbocycles. The molecule has 0 aliphatic carbocycles. The van der Waals surface area contributed by atoms with Crippen molar-refractivity contribution in [3.63, 3.8) is 0 Å². The molecule has 0 N–H and O–H groups in total. The summed E-state index contributed by atoms with van der Waals surface area (Å²) >= 11 is 6.58. The van der Waals surface area contributed by atoms with Crippen LogP contribution in [0, 0.1) is 0 Å². The van der Waals surface area contributed by atoms with E-state index in [1.165, 1.54) is 30.9 Å². The van der Waals surface area contributed by atoms with Gasteiger partial charge in [-0.05, 0) is 30.3 Å². The Morgan fingerprint density at radius 2 is 1.92 bits per heavy atom. The lowest BCUT2D eigenvalue weighted by Gasteiger charge is -2.14. The highest BCUT2D eigenvalue weighted by atomic mass is 32.2. The van der Waals surface area contributed by atoms with Crippen molar-refractivity contribution in [3.8, 4) is 17.2 Å². The van der Waals surface area contributed by atoms with Gasteiger partial charge in [-0.3, -0.25) is 9.69 Å². The Morgan fingerprint density at radius 3 is 2.54 bits per heavy atom. The molecule has 1 aromatic heterocycles. The standard InChI is InChI=1S/C18H17NO5S2/c1-21-13-7-6-11(15(22-2)16(13)23-3)9-14-17(20)19(18(25)26-14)10-12-5-4-8-24-12/h4-9H,10H2,1-3H3/b14-9-. The number of amides is 1. The molecule has 2 heterocycles. The van der Waals surface area contributed by atoms with Gasteiger partial charge in [0.25, 0.3) is 5.91 Å². The van der Waals surface area contributed by atoms with E-state index in [1.807, 2.05) is 0 Å². The van der Waals surface area contributed by atoms with Gasteiger partial charge in [0.05, 0.1) is 39.0 Å². The molecular weight excluding hydrogens is 374 g/mol. The maximum Gasteiger partial charge on any atom is 0.266 e. The summed E-state index contributed by atoms with van der Waals surface area (Å²) in [5, 5.41) is 0. The Morgan fingerprint density at radius 1 is 1.15 bits per heavy atom. The van der Waals surface area contributed by atoms with Gasteiger partial charge in [0, 0.05) is 5.56 Å². The number of hydrogen-bond donors (Lipinski definition) is 0. The van der Waals surface area contributed by atoms with Crippen LogP contribution in [0.3, 0.4) is 0 Å². The van der Waals surface area contributed by atoms with Crippen molar-refractivity contribution < 1.29 is 23.4 Å². The Bertz CT molecular complexity index is 861. The minimum absolute atomic E-state index is 0.173. The molecule has 0 spiro atoms.